The van der Waals surface area contributed by atoms with Crippen LogP contribution in [0, 0.1) is 0 Å². The van der Waals surface area contributed by atoms with Crippen molar-refractivity contribution >= 4 is 0 Å². The Hall–Kier alpha value is -1.10. The van der Waals surface area contributed by atoms with E-state index in [9.17, 15) is 0 Å². The summed E-state index contributed by atoms with van der Waals surface area (Å²) in [5.74, 6) is 1.66. The Morgan fingerprint density at radius 2 is 1.90 bits per heavy atom. The minimum Gasteiger partial charge on any atom is -0.496 e. The Morgan fingerprint density at radius 3 is 2.67 bits per heavy atom. The summed E-state index contributed by atoms with van der Waals surface area (Å²) in [5, 5.41) is 3.60. The predicted molar refractivity (Wildman–Crippen MR) is 84.1 cm³/mol. The van der Waals surface area contributed by atoms with Crippen molar-refractivity contribution in [3.05, 3.63) is 29.8 Å². The lowest BCUT2D eigenvalue weighted by Gasteiger charge is -2.37. The number of ether oxygens (including phenoxy) is 3. The molecule has 0 aliphatic heterocycles. The van der Waals surface area contributed by atoms with Gasteiger partial charge < -0.3 is 19.5 Å². The minimum atomic E-state index is 0.636. The summed E-state index contributed by atoms with van der Waals surface area (Å²) in [5.41, 5.74) is 1.35. The fraction of sp³-hybridized carbons (Fsp3) is 0.647. The van der Waals surface area contributed by atoms with E-state index < -0.39 is 0 Å². The fourth-order valence-electron chi connectivity index (χ4n) is 2.77. The second kappa shape index (κ2) is 9.03. The van der Waals surface area contributed by atoms with Crippen molar-refractivity contribution in [1.82, 2.24) is 5.32 Å². The molecule has 4 heteroatoms. The van der Waals surface area contributed by atoms with Crippen molar-refractivity contribution in [2.24, 2.45) is 0 Å². The quantitative estimate of drug-likeness (QED) is 0.673. The Bertz CT molecular complexity index is 405. The van der Waals surface area contributed by atoms with E-state index in [2.05, 4.69) is 17.4 Å². The SMILES string of the molecule is COCCOCCCNC1CC(c2ccccc2OC)C1. The van der Waals surface area contributed by atoms with Crippen LogP contribution in [-0.4, -0.2) is 46.6 Å². The molecule has 0 heterocycles. The van der Waals surface area contributed by atoms with E-state index in [0.29, 0.717) is 25.2 Å². The zero-order valence-electron chi connectivity index (χ0n) is 13.1. The Kier molecular flexibility index (Phi) is 7.00. The van der Waals surface area contributed by atoms with E-state index in [1.807, 2.05) is 12.1 Å². The summed E-state index contributed by atoms with van der Waals surface area (Å²) in [6.07, 6.45) is 3.45. The van der Waals surface area contributed by atoms with Gasteiger partial charge in [0, 0.05) is 19.8 Å². The van der Waals surface area contributed by atoms with Gasteiger partial charge >= 0.3 is 0 Å². The summed E-state index contributed by atoms with van der Waals surface area (Å²) in [4.78, 5) is 0. The summed E-state index contributed by atoms with van der Waals surface area (Å²) in [6.45, 7) is 3.20. The van der Waals surface area contributed by atoms with Crippen molar-refractivity contribution in [3.63, 3.8) is 0 Å². The lowest BCUT2D eigenvalue weighted by atomic mass is 9.75. The topological polar surface area (TPSA) is 39.7 Å². The lowest BCUT2D eigenvalue weighted by Crippen LogP contribution is -2.40. The molecule has 0 atom stereocenters. The zero-order chi connectivity index (χ0) is 14.9. The van der Waals surface area contributed by atoms with Crippen LogP contribution in [0.4, 0.5) is 0 Å². The highest BCUT2D eigenvalue weighted by atomic mass is 16.5. The number of hydrogen-bond acceptors (Lipinski definition) is 4. The molecule has 0 amide bonds. The van der Waals surface area contributed by atoms with E-state index in [1.165, 1.54) is 18.4 Å². The van der Waals surface area contributed by atoms with E-state index in [4.69, 9.17) is 14.2 Å². The van der Waals surface area contributed by atoms with Crippen LogP contribution in [-0.2, 0) is 9.47 Å². The summed E-state index contributed by atoms with van der Waals surface area (Å²) in [6, 6.07) is 8.99. The van der Waals surface area contributed by atoms with Crippen molar-refractivity contribution in [2.45, 2.75) is 31.2 Å². The predicted octanol–water partition coefficient (Wildman–Crippen LogP) is 2.58. The van der Waals surface area contributed by atoms with Gasteiger partial charge in [-0.05, 0) is 43.4 Å². The average Bonchev–Trinajstić information content (AvgIpc) is 2.48. The summed E-state index contributed by atoms with van der Waals surface area (Å²) in [7, 11) is 3.44. The number of rotatable bonds is 10. The summed E-state index contributed by atoms with van der Waals surface area (Å²) < 4.78 is 15.8. The average molecular weight is 293 g/mol. The van der Waals surface area contributed by atoms with E-state index in [-0.39, 0.29) is 0 Å². The normalized spacial score (nSPS) is 21.0. The van der Waals surface area contributed by atoms with Crippen LogP contribution in [0.15, 0.2) is 24.3 Å². The van der Waals surface area contributed by atoms with Crippen LogP contribution in [0.25, 0.3) is 0 Å². The smallest absolute Gasteiger partial charge is 0.122 e. The van der Waals surface area contributed by atoms with Gasteiger partial charge in [-0.25, -0.2) is 0 Å². The Labute approximate surface area is 127 Å². The van der Waals surface area contributed by atoms with Gasteiger partial charge in [-0.1, -0.05) is 18.2 Å². The van der Waals surface area contributed by atoms with E-state index in [1.54, 1.807) is 14.2 Å². The molecule has 0 saturated heterocycles. The molecule has 0 spiro atoms. The molecule has 1 aromatic carbocycles. The van der Waals surface area contributed by atoms with Crippen molar-refractivity contribution < 1.29 is 14.2 Å². The van der Waals surface area contributed by atoms with Gasteiger partial charge in [-0.2, -0.15) is 0 Å². The van der Waals surface area contributed by atoms with Gasteiger partial charge in [0.05, 0.1) is 20.3 Å². The molecule has 1 aromatic rings. The molecular formula is C17H27NO3. The highest BCUT2D eigenvalue weighted by Crippen LogP contribution is 2.40. The number of methoxy groups -OCH3 is 2. The maximum atomic E-state index is 5.45. The fourth-order valence-corrected chi connectivity index (χ4v) is 2.77. The van der Waals surface area contributed by atoms with Crippen LogP contribution in [0.2, 0.25) is 0 Å². The van der Waals surface area contributed by atoms with Crippen molar-refractivity contribution in [3.8, 4) is 5.75 Å². The molecule has 1 aliphatic rings. The Balaban J connectivity index is 1.57. The van der Waals surface area contributed by atoms with Gasteiger partial charge in [-0.15, -0.1) is 0 Å². The molecule has 1 aliphatic carbocycles. The second-order valence-electron chi connectivity index (χ2n) is 5.52. The molecule has 0 radical (unpaired) electrons. The highest BCUT2D eigenvalue weighted by molar-refractivity contribution is 5.37. The van der Waals surface area contributed by atoms with Crippen LogP contribution in [0.3, 0.4) is 0 Å². The minimum absolute atomic E-state index is 0.636. The number of hydrogen-bond donors (Lipinski definition) is 1. The van der Waals surface area contributed by atoms with Gasteiger partial charge in [0.25, 0.3) is 0 Å². The molecule has 118 valence electrons. The number of para-hydroxylation sites is 1. The summed E-state index contributed by atoms with van der Waals surface area (Å²) >= 11 is 0. The monoisotopic (exact) mass is 293 g/mol. The maximum absolute atomic E-state index is 5.45. The van der Waals surface area contributed by atoms with E-state index in [0.717, 1.165) is 25.3 Å². The van der Waals surface area contributed by atoms with Gasteiger partial charge in [0.2, 0.25) is 0 Å². The van der Waals surface area contributed by atoms with Gasteiger partial charge in [-0.3, -0.25) is 0 Å². The molecule has 4 nitrogen and oxygen atoms in total. The second-order valence-corrected chi connectivity index (χ2v) is 5.52. The standard InChI is InChI=1S/C17H27NO3/c1-19-10-11-21-9-5-8-18-15-12-14(13-15)16-6-3-4-7-17(16)20-2/h3-4,6-7,14-15,18H,5,8-13H2,1-2H3. The third-order valence-corrected chi connectivity index (χ3v) is 4.05. The first-order valence-electron chi connectivity index (χ1n) is 7.78. The van der Waals surface area contributed by atoms with Crippen molar-refractivity contribution in [1.29, 1.82) is 0 Å². The molecule has 2 rings (SSSR count). The molecule has 0 aromatic heterocycles. The van der Waals surface area contributed by atoms with Gasteiger partial charge in [0.15, 0.2) is 0 Å². The first kappa shape index (κ1) is 16.3. The van der Waals surface area contributed by atoms with Crippen LogP contribution >= 0.6 is 0 Å². The van der Waals surface area contributed by atoms with Crippen LogP contribution in [0.1, 0.15) is 30.7 Å². The first-order valence-corrected chi connectivity index (χ1v) is 7.78. The third-order valence-electron chi connectivity index (χ3n) is 4.05. The van der Waals surface area contributed by atoms with Gasteiger partial charge in [0.1, 0.15) is 5.75 Å². The van der Waals surface area contributed by atoms with Crippen LogP contribution < -0.4 is 10.1 Å². The first-order chi connectivity index (χ1) is 10.3. The molecular weight excluding hydrogens is 266 g/mol. The third kappa shape index (κ3) is 4.99. The molecule has 1 fully saturated rings. The molecule has 1 saturated carbocycles. The molecule has 0 unspecified atom stereocenters. The highest BCUT2D eigenvalue weighted by Gasteiger charge is 2.31. The molecule has 21 heavy (non-hydrogen) atoms. The lowest BCUT2D eigenvalue weighted by molar-refractivity contribution is 0.0688. The van der Waals surface area contributed by atoms with Crippen LogP contribution in [0.5, 0.6) is 5.75 Å². The molecule has 0 bridgehead atoms. The molecule has 1 N–H and O–H groups in total. The largest absolute Gasteiger partial charge is 0.496 e. The van der Waals surface area contributed by atoms with Crippen molar-refractivity contribution in [2.75, 3.05) is 40.6 Å². The zero-order valence-corrected chi connectivity index (χ0v) is 13.1. The Morgan fingerprint density at radius 1 is 1.10 bits per heavy atom. The maximum Gasteiger partial charge on any atom is 0.122 e. The number of nitrogens with one attached hydrogen (secondary N) is 1. The number of benzene rings is 1. The van der Waals surface area contributed by atoms with E-state index >= 15 is 0 Å².